The molecule has 1 saturated heterocycles. The number of rotatable bonds is 15. The van der Waals surface area contributed by atoms with E-state index in [0.717, 1.165) is 105 Å². The summed E-state index contributed by atoms with van der Waals surface area (Å²) >= 11 is 14.1. The molecule has 0 unspecified atom stereocenters. The molecule has 7 amide bonds. The number of fused-ring (bicyclic) bond motifs is 14. The largest absolute Gasteiger partial charge is 0.508 e. The molecule has 0 saturated carbocycles. The lowest BCUT2D eigenvalue weighted by Gasteiger charge is -2.41. The Morgan fingerprint density at radius 3 is 1.87 bits per heavy atom. The molecular weight excluding hydrogens is 1490 g/mol. The van der Waals surface area contributed by atoms with Crippen LogP contribution in [0.2, 0.25) is 10.0 Å². The molecule has 14 rings (SSSR count). The molecule has 18 N–H and O–H groups in total. The Morgan fingerprint density at radius 1 is 0.550 bits per heavy atom. The second-order valence-corrected chi connectivity index (χ2v) is 28.6. The number of aliphatic hydroxyl groups is 3. The van der Waals surface area contributed by atoms with Crippen molar-refractivity contribution < 1.29 is 118 Å². The van der Waals surface area contributed by atoms with Crippen LogP contribution in [0.25, 0.3) is 11.1 Å². The first kappa shape index (κ1) is 78.9. The van der Waals surface area contributed by atoms with Gasteiger partial charge >= 0.3 is 11.9 Å². The fraction of sp³-hybridized carbons (Fsp3) is 0.338. The molecule has 0 aromatic heterocycles. The van der Waals surface area contributed by atoms with Crippen molar-refractivity contribution in [2.75, 3.05) is 7.05 Å². The van der Waals surface area contributed by atoms with E-state index < -0.39 is 222 Å². The highest BCUT2D eigenvalue weighted by Gasteiger charge is 2.51. The fourth-order valence-corrected chi connectivity index (χ4v) is 14.3. The number of hydrogen-bond acceptors (Lipinski definition) is 23. The highest BCUT2D eigenvalue weighted by molar-refractivity contribution is 6.33. The number of phenols is 5. The van der Waals surface area contributed by atoms with Gasteiger partial charge < -0.3 is 117 Å². The molecule has 17 bridgehead atoms. The van der Waals surface area contributed by atoms with Crippen LogP contribution in [0.15, 0.2) is 115 Å². The maximum Gasteiger partial charge on any atom is 0.335 e. The number of carboxylic acid groups (broad SMARTS) is 2. The van der Waals surface area contributed by atoms with Crippen LogP contribution in [0.1, 0.15) is 140 Å². The molecule has 7 heterocycles. The Balaban J connectivity index is 1.09. The van der Waals surface area contributed by atoms with Gasteiger partial charge in [0.1, 0.15) is 101 Å². The van der Waals surface area contributed by atoms with E-state index >= 15 is 19.2 Å². The van der Waals surface area contributed by atoms with E-state index in [0.29, 0.717) is 24.3 Å². The van der Waals surface area contributed by atoms with Crippen molar-refractivity contribution in [3.8, 4) is 80.1 Å². The van der Waals surface area contributed by atoms with Crippen LogP contribution in [0.4, 0.5) is 0 Å². The van der Waals surface area contributed by atoms with Crippen molar-refractivity contribution in [2.24, 2.45) is 5.92 Å². The summed E-state index contributed by atoms with van der Waals surface area (Å²) in [5.74, 6) is -18.1. The Kier molecular flexibility index (Phi) is 23.7. The topological polar surface area (TPSA) is 498 Å². The number of aliphatic carboxylic acids is 2. The number of carbonyl (C=O) groups excluding carboxylic acids is 7. The number of nitrogens with one attached hydrogen (secondary N) is 8. The third-order valence-corrected chi connectivity index (χ3v) is 20.3. The number of carbonyl (C=O) groups is 9. The van der Waals surface area contributed by atoms with E-state index in [1.807, 2.05) is 0 Å². The maximum absolute atomic E-state index is 16.4. The molecule has 13 atom stereocenters. The molecule has 584 valence electrons. The van der Waals surface area contributed by atoms with Gasteiger partial charge in [0.05, 0.1) is 10.0 Å². The predicted molar refractivity (Wildman–Crippen MR) is 391 cm³/mol. The molecule has 34 heteroatoms. The van der Waals surface area contributed by atoms with Gasteiger partial charge in [0.2, 0.25) is 53.4 Å². The minimum absolute atomic E-state index is 0.117. The molecule has 7 aliphatic heterocycles. The molecule has 32 nitrogen and oxygen atoms in total. The summed E-state index contributed by atoms with van der Waals surface area (Å²) in [4.78, 5) is 134. The van der Waals surface area contributed by atoms with Gasteiger partial charge in [0, 0.05) is 47.2 Å². The molecule has 111 heavy (non-hydrogen) atoms. The van der Waals surface area contributed by atoms with Crippen molar-refractivity contribution in [2.45, 2.75) is 151 Å². The summed E-state index contributed by atoms with van der Waals surface area (Å²) in [5.41, 5.74) is -2.67. The van der Waals surface area contributed by atoms with Crippen LogP contribution in [0.3, 0.4) is 0 Å². The molecular formula is C77H78Cl2N8O24. The van der Waals surface area contributed by atoms with Gasteiger partial charge in [-0.2, -0.15) is 0 Å². The summed E-state index contributed by atoms with van der Waals surface area (Å²) in [6.45, 7) is 4.27. The van der Waals surface area contributed by atoms with Crippen molar-refractivity contribution in [1.29, 1.82) is 0 Å². The number of benzene rings is 7. The number of aliphatic hydroxyl groups excluding tert-OH is 3. The Morgan fingerprint density at radius 2 is 1.18 bits per heavy atom. The van der Waals surface area contributed by atoms with Gasteiger partial charge in [-0.05, 0) is 120 Å². The van der Waals surface area contributed by atoms with Crippen LogP contribution < -0.4 is 61.5 Å². The third-order valence-electron chi connectivity index (χ3n) is 19.6. The summed E-state index contributed by atoms with van der Waals surface area (Å²) in [6, 6.07) is 5.63. The second-order valence-electron chi connectivity index (χ2n) is 27.8. The monoisotopic (exact) mass is 1570 g/mol. The van der Waals surface area contributed by atoms with Crippen molar-refractivity contribution in [3.63, 3.8) is 0 Å². The molecule has 7 aromatic rings. The van der Waals surface area contributed by atoms with Crippen molar-refractivity contribution in [1.82, 2.24) is 42.5 Å². The Bertz CT molecular complexity index is 4840. The first-order valence-corrected chi connectivity index (χ1v) is 36.1. The first-order chi connectivity index (χ1) is 52.9. The number of aromatic hydroxyl groups is 5. The first-order valence-electron chi connectivity index (χ1n) is 35.4. The zero-order chi connectivity index (χ0) is 79.5. The van der Waals surface area contributed by atoms with E-state index in [9.17, 15) is 75.0 Å². The quantitative estimate of drug-likeness (QED) is 0.0474. The SMILES string of the molecule is CN[C@@H]1C(=O)N[C@@H]2Cc3ccc(cc3)Oc3cc4cc(c3O[C@@H]3O[C@H](C(=O)O)[C@@H](O)[C@H](O)[C@H]3NC(=O)CCCCCCCCC(C)C)Oc3ccc(cc3Cl)[C@@H](O)[C@@H]3NC(=O)[C@H](NC(=O)[C@@H]4NC(=O)[C@@H](NC2=O)c2cc(cc(O)c2Cl)Oc2cc1ccc2O)c1ccc(O)c(c1)-c1c(O)cc(O)cc1[C@H](C(=O)O)NC3=O. The molecule has 7 aliphatic rings. The van der Waals surface area contributed by atoms with Crippen LogP contribution in [-0.4, -0.2) is 154 Å². The lowest BCUT2D eigenvalue weighted by Crippen LogP contribution is -2.66. The standard InChI is InChI=1S/C77H78Cl2N8O24/c1-32(2)10-8-6-4-5-7-9-11-54(93)82-63-65(95)66(96)68(76(105)106)111-77(63)110-67-52-26-37-27-53(67)109-50-21-16-36(24-44(50)78)64(94)62-74(102)86-61(75(103)104)42-28-38(88)29-48(91)55(42)41-23-34(14-19-46(41)89)58(71(99)87-62)83-72(100)59(37)84-73(101)60-43-30-40(31-49(92)56(43)79)108-51-25-35(15-20-47(51)90)57(80-3)70(98)81-45(69(97)85-60)22-33-12-17-39(107-52)18-13-33/h12-21,23-32,45,57-66,68,77,80,88-92,94-96H,4-11,22H2,1-3H3,(H,81,98)(H,82,93)(H,83,100)(H,84,101)(H,85,97)(H,86,102)(H,87,99)(H,103,104)(H,105,106)/t45-,57+,58-,59-,60+,61-,62+,63-,64-,65-,66+,68+,77-/m1/s1. The number of halogens is 2. The maximum atomic E-state index is 16.4. The summed E-state index contributed by atoms with van der Waals surface area (Å²) < 4.78 is 32.1. The number of hydrogen-bond donors (Lipinski definition) is 18. The zero-order valence-electron chi connectivity index (χ0n) is 59.4. The van der Waals surface area contributed by atoms with Crippen LogP contribution in [-0.2, 0) is 54.3 Å². The van der Waals surface area contributed by atoms with Gasteiger partial charge in [-0.1, -0.05) is 106 Å². The Labute approximate surface area is 641 Å². The smallest absolute Gasteiger partial charge is 0.335 e. The van der Waals surface area contributed by atoms with E-state index in [-0.39, 0.29) is 46.8 Å². The van der Waals surface area contributed by atoms with Gasteiger partial charge in [0.15, 0.2) is 35.1 Å². The number of ether oxygens (including phenoxy) is 5. The van der Waals surface area contributed by atoms with Crippen molar-refractivity contribution in [3.05, 3.63) is 164 Å². The van der Waals surface area contributed by atoms with E-state index in [2.05, 4.69) is 56.4 Å². The lowest BCUT2D eigenvalue weighted by atomic mass is 9.89. The normalized spacial score (nSPS) is 23.8. The number of carboxylic acids is 2. The minimum Gasteiger partial charge on any atom is -0.508 e. The van der Waals surface area contributed by atoms with Gasteiger partial charge in [-0.15, -0.1) is 0 Å². The highest BCUT2D eigenvalue weighted by Crippen LogP contribution is 2.50. The molecule has 0 aliphatic carbocycles. The van der Waals surface area contributed by atoms with Gasteiger partial charge in [-0.3, -0.25) is 33.6 Å². The number of amides is 7. The van der Waals surface area contributed by atoms with Crippen molar-refractivity contribution >= 4 is 76.5 Å². The zero-order valence-corrected chi connectivity index (χ0v) is 60.9. The number of likely N-dealkylation sites (N-methyl/N-ethyl adjacent to an activating group) is 1. The summed E-state index contributed by atoms with van der Waals surface area (Å²) in [6.07, 6.45) is -5.82. The van der Waals surface area contributed by atoms with E-state index in [1.165, 1.54) is 49.5 Å². The van der Waals surface area contributed by atoms with Crippen LogP contribution in [0.5, 0.6) is 69.0 Å². The predicted octanol–water partition coefficient (Wildman–Crippen LogP) is 6.71. The van der Waals surface area contributed by atoms with Gasteiger partial charge in [-0.25, -0.2) is 9.59 Å². The van der Waals surface area contributed by atoms with E-state index in [1.54, 1.807) is 0 Å². The Hall–Kier alpha value is -11.7. The molecule has 1 fully saturated rings. The number of phenolic OH excluding ortho intramolecular Hbond substituents is 5. The highest BCUT2D eigenvalue weighted by atomic mass is 35.5. The average Bonchev–Trinajstić information content (AvgIpc) is 0.754. The lowest BCUT2D eigenvalue weighted by molar-refractivity contribution is -0.241. The van der Waals surface area contributed by atoms with Gasteiger partial charge in [0.25, 0.3) is 0 Å². The average molecular weight is 1570 g/mol. The second kappa shape index (κ2) is 33.3. The van der Waals surface area contributed by atoms with E-state index in [4.69, 9.17) is 46.9 Å². The van der Waals surface area contributed by atoms with Crippen LogP contribution in [0, 0.1) is 5.92 Å². The fourth-order valence-electron chi connectivity index (χ4n) is 13.8. The summed E-state index contributed by atoms with van der Waals surface area (Å²) in [7, 11) is 1.43. The number of unbranched alkanes of at least 4 members (excludes halogenated alkanes) is 5. The molecule has 7 aromatic carbocycles. The minimum atomic E-state index is -2.38. The molecule has 0 spiro atoms. The molecule has 0 radical (unpaired) electrons. The van der Waals surface area contributed by atoms with Crippen LogP contribution >= 0.6 is 23.2 Å². The summed E-state index contributed by atoms with van der Waals surface area (Å²) in [5, 5.41) is 134. The third kappa shape index (κ3) is 17.2.